The van der Waals surface area contributed by atoms with E-state index in [0.29, 0.717) is 9.90 Å². The second-order valence-electron chi connectivity index (χ2n) is 4.41. The molecule has 0 aliphatic rings. The number of hydrogen-bond acceptors (Lipinski definition) is 4. The van der Waals surface area contributed by atoms with Crippen LogP contribution in [0.3, 0.4) is 0 Å². The Morgan fingerprint density at radius 3 is 2.67 bits per heavy atom. The molecule has 4 nitrogen and oxygen atoms in total. The molecule has 1 aromatic carbocycles. The number of hydrogen-bond donors (Lipinski definition) is 2. The van der Waals surface area contributed by atoms with Crippen molar-refractivity contribution in [2.24, 2.45) is 0 Å². The highest BCUT2D eigenvalue weighted by molar-refractivity contribution is 9.10. The molecule has 0 aliphatic carbocycles. The highest BCUT2D eigenvalue weighted by Gasteiger charge is 2.17. The maximum atomic E-state index is 12.4. The Kier molecular flexibility index (Phi) is 5.80. The van der Waals surface area contributed by atoms with Gasteiger partial charge in [-0.2, -0.15) is 0 Å². The molecule has 2 N–H and O–H groups in total. The summed E-state index contributed by atoms with van der Waals surface area (Å²) in [4.78, 5) is 1.06. The lowest BCUT2D eigenvalue weighted by Gasteiger charge is -2.07. The van der Waals surface area contributed by atoms with Crippen LogP contribution in [0, 0.1) is 0 Å². The van der Waals surface area contributed by atoms with Crippen LogP contribution in [0.2, 0.25) is 0 Å². The van der Waals surface area contributed by atoms with Gasteiger partial charge in [-0.05, 0) is 59.7 Å². The Morgan fingerprint density at radius 1 is 1.19 bits per heavy atom. The number of rotatable bonds is 7. The van der Waals surface area contributed by atoms with E-state index in [9.17, 15) is 8.42 Å². The molecule has 0 aliphatic heterocycles. The molecule has 2 rings (SSSR count). The van der Waals surface area contributed by atoms with Gasteiger partial charge in [0.1, 0.15) is 4.21 Å². The van der Waals surface area contributed by atoms with E-state index < -0.39 is 10.0 Å². The largest absolute Gasteiger partial charge is 0.317 e. The smallest absolute Gasteiger partial charge is 0.271 e. The summed E-state index contributed by atoms with van der Waals surface area (Å²) in [5.74, 6) is 0. The fraction of sp³-hybridized carbons (Fsp3) is 0.286. The Balaban J connectivity index is 2.11. The molecule has 21 heavy (non-hydrogen) atoms. The van der Waals surface area contributed by atoms with E-state index in [1.54, 1.807) is 24.3 Å². The fourth-order valence-electron chi connectivity index (χ4n) is 1.76. The predicted octanol–water partition coefficient (Wildman–Crippen LogP) is 3.46. The number of para-hydroxylation sites is 1. The molecule has 0 atom stereocenters. The van der Waals surface area contributed by atoms with Gasteiger partial charge in [-0.15, -0.1) is 11.3 Å². The number of nitrogens with one attached hydrogen (secondary N) is 2. The summed E-state index contributed by atoms with van der Waals surface area (Å²) >= 11 is 4.65. The third kappa shape index (κ3) is 4.54. The van der Waals surface area contributed by atoms with E-state index in [1.165, 1.54) is 11.3 Å². The number of anilines is 1. The first-order valence-corrected chi connectivity index (χ1v) is 9.69. The maximum absolute atomic E-state index is 12.4. The average molecular weight is 389 g/mol. The molecule has 2 aromatic rings. The lowest BCUT2D eigenvalue weighted by atomic mass is 10.3. The molecule has 0 spiro atoms. The highest BCUT2D eigenvalue weighted by Crippen LogP contribution is 2.27. The van der Waals surface area contributed by atoms with Crippen LogP contribution in [0.15, 0.2) is 45.1 Å². The zero-order chi connectivity index (χ0) is 15.3. The second kappa shape index (κ2) is 7.40. The monoisotopic (exact) mass is 388 g/mol. The average Bonchev–Trinajstić information content (AvgIpc) is 2.91. The zero-order valence-corrected chi connectivity index (χ0v) is 14.8. The first-order valence-electron chi connectivity index (χ1n) is 6.59. The summed E-state index contributed by atoms with van der Waals surface area (Å²) in [6.07, 6.45) is 0.836. The molecule has 0 saturated carbocycles. The van der Waals surface area contributed by atoms with Crippen molar-refractivity contribution < 1.29 is 8.42 Å². The Bertz CT molecular complexity index is 699. The minimum Gasteiger partial charge on any atom is -0.317 e. The van der Waals surface area contributed by atoms with Gasteiger partial charge < -0.3 is 5.32 Å². The first-order chi connectivity index (χ1) is 10.0. The molecule has 7 heteroatoms. The van der Waals surface area contributed by atoms with Gasteiger partial charge in [0.2, 0.25) is 0 Å². The predicted molar refractivity (Wildman–Crippen MR) is 91.5 cm³/mol. The molecule has 0 unspecified atom stereocenters. The summed E-state index contributed by atoms with van der Waals surface area (Å²) in [5, 5.41) is 3.23. The van der Waals surface area contributed by atoms with Gasteiger partial charge in [0, 0.05) is 9.35 Å². The van der Waals surface area contributed by atoms with E-state index >= 15 is 0 Å². The van der Waals surface area contributed by atoms with Crippen molar-refractivity contribution in [2.75, 3.05) is 17.8 Å². The summed E-state index contributed by atoms with van der Waals surface area (Å²) in [6.45, 7) is 3.82. The summed E-state index contributed by atoms with van der Waals surface area (Å²) in [5.41, 5.74) is 0.542. The van der Waals surface area contributed by atoms with Crippen LogP contribution < -0.4 is 10.0 Å². The standard InChI is InChI=1S/C14H17BrN2O2S2/c1-2-16-10-9-11-7-8-14(20-11)21(18,19)17-13-6-4-3-5-12(13)15/h3-8,16-17H,2,9-10H2,1H3. The molecule has 0 bridgehead atoms. The van der Waals surface area contributed by atoms with E-state index in [0.717, 1.165) is 28.9 Å². The molecular formula is C14H17BrN2O2S2. The van der Waals surface area contributed by atoms with E-state index in [1.807, 2.05) is 19.1 Å². The normalized spacial score (nSPS) is 11.5. The SMILES string of the molecule is CCNCCc1ccc(S(=O)(=O)Nc2ccccc2Br)s1. The fourth-order valence-corrected chi connectivity index (χ4v) is 4.71. The third-order valence-corrected chi connectivity index (χ3v) is 6.51. The quantitative estimate of drug-likeness (QED) is 0.713. The van der Waals surface area contributed by atoms with Gasteiger partial charge in [-0.1, -0.05) is 19.1 Å². The third-order valence-electron chi connectivity index (χ3n) is 2.82. The van der Waals surface area contributed by atoms with Crippen molar-refractivity contribution in [3.63, 3.8) is 0 Å². The van der Waals surface area contributed by atoms with Crippen LogP contribution in [-0.2, 0) is 16.4 Å². The molecule has 1 aromatic heterocycles. The van der Waals surface area contributed by atoms with Crippen molar-refractivity contribution in [1.82, 2.24) is 5.32 Å². The summed E-state index contributed by atoms with van der Waals surface area (Å²) in [7, 11) is -3.53. The Morgan fingerprint density at radius 2 is 1.95 bits per heavy atom. The first kappa shape index (κ1) is 16.5. The van der Waals surface area contributed by atoms with Crippen LogP contribution in [0.4, 0.5) is 5.69 Å². The van der Waals surface area contributed by atoms with Gasteiger partial charge in [-0.25, -0.2) is 8.42 Å². The van der Waals surface area contributed by atoms with Crippen molar-refractivity contribution in [3.8, 4) is 0 Å². The highest BCUT2D eigenvalue weighted by atomic mass is 79.9. The minimum atomic E-state index is -3.53. The molecular weight excluding hydrogens is 372 g/mol. The maximum Gasteiger partial charge on any atom is 0.271 e. The second-order valence-corrected chi connectivity index (χ2v) is 8.34. The number of benzene rings is 1. The van der Waals surface area contributed by atoms with Gasteiger partial charge in [0.15, 0.2) is 0 Å². The summed E-state index contributed by atoms with van der Waals surface area (Å²) < 4.78 is 28.4. The number of likely N-dealkylation sites (N-methyl/N-ethyl adjacent to an activating group) is 1. The van der Waals surface area contributed by atoms with E-state index in [-0.39, 0.29) is 0 Å². The lowest BCUT2D eigenvalue weighted by molar-refractivity contribution is 0.603. The zero-order valence-electron chi connectivity index (χ0n) is 11.6. The Labute approximate surface area is 137 Å². The van der Waals surface area contributed by atoms with E-state index in [4.69, 9.17) is 0 Å². The molecule has 0 radical (unpaired) electrons. The van der Waals surface area contributed by atoms with Gasteiger partial charge >= 0.3 is 0 Å². The Hall–Kier alpha value is -0.890. The molecule has 0 fully saturated rings. The number of halogens is 1. The van der Waals surface area contributed by atoms with Crippen molar-refractivity contribution in [3.05, 3.63) is 45.7 Å². The molecule has 0 saturated heterocycles. The minimum absolute atomic E-state index is 0.338. The van der Waals surface area contributed by atoms with Crippen LogP contribution in [0.1, 0.15) is 11.8 Å². The topological polar surface area (TPSA) is 58.2 Å². The van der Waals surface area contributed by atoms with E-state index in [2.05, 4.69) is 26.0 Å². The van der Waals surface area contributed by atoms with Gasteiger partial charge in [-0.3, -0.25) is 4.72 Å². The van der Waals surface area contributed by atoms with Crippen LogP contribution in [0.5, 0.6) is 0 Å². The van der Waals surface area contributed by atoms with Crippen LogP contribution in [0.25, 0.3) is 0 Å². The number of thiophene rings is 1. The van der Waals surface area contributed by atoms with Crippen molar-refractivity contribution >= 4 is 43.0 Å². The molecule has 0 amide bonds. The lowest BCUT2D eigenvalue weighted by Crippen LogP contribution is -2.15. The van der Waals surface area contributed by atoms with Gasteiger partial charge in [0.25, 0.3) is 10.0 Å². The number of sulfonamides is 1. The molecule has 1 heterocycles. The van der Waals surface area contributed by atoms with Crippen molar-refractivity contribution in [2.45, 2.75) is 17.6 Å². The van der Waals surface area contributed by atoms with Gasteiger partial charge in [0.05, 0.1) is 5.69 Å². The van der Waals surface area contributed by atoms with Crippen molar-refractivity contribution in [1.29, 1.82) is 0 Å². The van der Waals surface area contributed by atoms with Crippen LogP contribution >= 0.6 is 27.3 Å². The summed E-state index contributed by atoms with van der Waals surface area (Å²) in [6, 6.07) is 10.7. The van der Waals surface area contributed by atoms with Crippen LogP contribution in [-0.4, -0.2) is 21.5 Å². The molecule has 114 valence electrons.